The summed E-state index contributed by atoms with van der Waals surface area (Å²) in [6.45, 7) is 0. The van der Waals surface area contributed by atoms with Gasteiger partial charge in [0.25, 0.3) is 0 Å². The minimum atomic E-state index is -0.610. The summed E-state index contributed by atoms with van der Waals surface area (Å²) in [5.74, 6) is -0.763. The molecule has 20 heavy (non-hydrogen) atoms. The molecule has 0 bridgehead atoms. The van der Waals surface area contributed by atoms with Crippen LogP contribution in [0, 0.1) is 11.6 Å². The molecular formula is C15H14BrF2NO. The zero-order valence-corrected chi connectivity index (χ0v) is 12.7. The normalized spacial score (nSPS) is 12.2. The Morgan fingerprint density at radius 1 is 1.15 bits per heavy atom. The highest BCUT2D eigenvalue weighted by atomic mass is 79.9. The second kappa shape index (κ2) is 6.33. The maximum Gasteiger partial charge on any atom is 0.170 e. The Bertz CT molecular complexity index is 599. The monoisotopic (exact) mass is 341 g/mol. The average Bonchev–Trinajstić information content (AvgIpc) is 2.44. The molecule has 2 aromatic rings. The summed E-state index contributed by atoms with van der Waals surface area (Å²) >= 11 is 3.31. The van der Waals surface area contributed by atoms with E-state index in [1.165, 1.54) is 19.2 Å². The Hall–Kier alpha value is -1.46. The van der Waals surface area contributed by atoms with Crippen molar-refractivity contribution >= 4 is 15.9 Å². The predicted octanol–water partition coefficient (Wildman–Crippen LogP) is 4.04. The van der Waals surface area contributed by atoms with Crippen LogP contribution in [-0.4, -0.2) is 14.2 Å². The van der Waals surface area contributed by atoms with Crippen molar-refractivity contribution in [2.24, 2.45) is 0 Å². The Morgan fingerprint density at radius 3 is 2.45 bits per heavy atom. The molecule has 2 rings (SSSR count). The quantitative estimate of drug-likeness (QED) is 0.905. The molecule has 0 saturated heterocycles. The lowest BCUT2D eigenvalue weighted by Gasteiger charge is -2.20. The first kappa shape index (κ1) is 14.9. The van der Waals surface area contributed by atoms with E-state index in [2.05, 4.69) is 21.2 Å². The number of methoxy groups -OCH3 is 1. The molecular weight excluding hydrogens is 328 g/mol. The van der Waals surface area contributed by atoms with E-state index in [4.69, 9.17) is 4.74 Å². The zero-order valence-electron chi connectivity index (χ0n) is 11.1. The van der Waals surface area contributed by atoms with Gasteiger partial charge in [-0.05, 0) is 25.2 Å². The van der Waals surface area contributed by atoms with Crippen LogP contribution in [0.4, 0.5) is 8.78 Å². The average molecular weight is 342 g/mol. The predicted molar refractivity (Wildman–Crippen MR) is 78.0 cm³/mol. The maximum atomic E-state index is 14.4. The van der Waals surface area contributed by atoms with Crippen molar-refractivity contribution in [1.29, 1.82) is 0 Å². The third-order valence-corrected chi connectivity index (χ3v) is 3.79. The van der Waals surface area contributed by atoms with Crippen LogP contribution in [0.15, 0.2) is 40.9 Å². The van der Waals surface area contributed by atoms with E-state index in [0.717, 1.165) is 0 Å². The molecule has 0 aliphatic carbocycles. The Kier molecular flexibility index (Phi) is 4.73. The standard InChI is InChI=1S/C15H14BrF2NO/c1-19-15(13-10(16)6-4-7-11(13)17)9-5-3-8-12(20-2)14(9)18/h3-8,15,19H,1-2H3. The van der Waals surface area contributed by atoms with E-state index in [9.17, 15) is 8.78 Å². The molecule has 0 fully saturated rings. The summed E-state index contributed by atoms with van der Waals surface area (Å²) in [6.07, 6.45) is 0. The van der Waals surface area contributed by atoms with Crippen LogP contribution < -0.4 is 10.1 Å². The molecule has 1 unspecified atom stereocenters. The van der Waals surface area contributed by atoms with Gasteiger partial charge >= 0.3 is 0 Å². The summed E-state index contributed by atoms with van der Waals surface area (Å²) in [5.41, 5.74) is 0.694. The number of hydrogen-bond donors (Lipinski definition) is 1. The lowest BCUT2D eigenvalue weighted by Crippen LogP contribution is -2.21. The fourth-order valence-corrected chi connectivity index (χ4v) is 2.72. The lowest BCUT2D eigenvalue weighted by atomic mass is 9.97. The summed E-state index contributed by atoms with van der Waals surface area (Å²) in [4.78, 5) is 0. The largest absolute Gasteiger partial charge is 0.494 e. The first-order chi connectivity index (χ1) is 9.60. The molecule has 2 nitrogen and oxygen atoms in total. The summed E-state index contributed by atoms with van der Waals surface area (Å²) < 4.78 is 34.0. The maximum absolute atomic E-state index is 14.4. The van der Waals surface area contributed by atoms with E-state index in [0.29, 0.717) is 15.6 Å². The highest BCUT2D eigenvalue weighted by Crippen LogP contribution is 2.34. The number of hydrogen-bond acceptors (Lipinski definition) is 2. The number of halogens is 3. The van der Waals surface area contributed by atoms with E-state index in [-0.39, 0.29) is 5.75 Å². The van der Waals surface area contributed by atoms with Crippen molar-refractivity contribution in [1.82, 2.24) is 5.32 Å². The highest BCUT2D eigenvalue weighted by molar-refractivity contribution is 9.10. The molecule has 0 heterocycles. The smallest absolute Gasteiger partial charge is 0.170 e. The van der Waals surface area contributed by atoms with E-state index in [1.54, 1.807) is 31.3 Å². The lowest BCUT2D eigenvalue weighted by molar-refractivity contribution is 0.382. The van der Waals surface area contributed by atoms with E-state index >= 15 is 0 Å². The van der Waals surface area contributed by atoms with Crippen molar-refractivity contribution in [3.05, 3.63) is 63.6 Å². The first-order valence-electron chi connectivity index (χ1n) is 6.03. The molecule has 2 aromatic carbocycles. The van der Waals surface area contributed by atoms with Gasteiger partial charge in [0.05, 0.1) is 13.2 Å². The van der Waals surface area contributed by atoms with Gasteiger partial charge in [0, 0.05) is 15.6 Å². The third-order valence-electron chi connectivity index (χ3n) is 3.10. The van der Waals surface area contributed by atoms with Gasteiger partial charge in [0.15, 0.2) is 11.6 Å². The van der Waals surface area contributed by atoms with E-state index < -0.39 is 17.7 Å². The van der Waals surface area contributed by atoms with Gasteiger partial charge in [-0.2, -0.15) is 0 Å². The SMILES string of the molecule is CNC(c1cccc(OC)c1F)c1c(F)cccc1Br. The van der Waals surface area contributed by atoms with E-state index in [1.807, 2.05) is 0 Å². The van der Waals surface area contributed by atoms with Gasteiger partial charge in [0.1, 0.15) is 5.82 Å². The Balaban J connectivity index is 2.59. The van der Waals surface area contributed by atoms with Gasteiger partial charge in [-0.3, -0.25) is 0 Å². The molecule has 0 amide bonds. The Labute approximate surface area is 124 Å². The second-order valence-corrected chi connectivity index (χ2v) is 5.07. The molecule has 0 aliphatic heterocycles. The van der Waals surface area contributed by atoms with Crippen LogP contribution >= 0.6 is 15.9 Å². The molecule has 106 valence electrons. The second-order valence-electron chi connectivity index (χ2n) is 4.22. The fourth-order valence-electron chi connectivity index (χ4n) is 2.15. The van der Waals surface area contributed by atoms with Gasteiger partial charge in [-0.1, -0.05) is 34.1 Å². The molecule has 1 N–H and O–H groups in total. The summed E-state index contributed by atoms with van der Waals surface area (Å²) in [5, 5.41) is 2.94. The highest BCUT2D eigenvalue weighted by Gasteiger charge is 2.23. The molecule has 0 aliphatic rings. The molecule has 0 saturated carbocycles. The van der Waals surface area contributed by atoms with Gasteiger partial charge < -0.3 is 10.1 Å². The molecule has 5 heteroatoms. The van der Waals surface area contributed by atoms with Crippen LogP contribution in [-0.2, 0) is 0 Å². The van der Waals surface area contributed by atoms with Crippen LogP contribution in [0.25, 0.3) is 0 Å². The van der Waals surface area contributed by atoms with Crippen LogP contribution in [0.2, 0.25) is 0 Å². The number of rotatable bonds is 4. The zero-order chi connectivity index (χ0) is 14.7. The number of nitrogens with one attached hydrogen (secondary N) is 1. The first-order valence-corrected chi connectivity index (χ1v) is 6.83. The van der Waals surface area contributed by atoms with Gasteiger partial charge in [-0.15, -0.1) is 0 Å². The minimum absolute atomic E-state index is 0.134. The van der Waals surface area contributed by atoms with Crippen molar-refractivity contribution in [3.8, 4) is 5.75 Å². The number of ether oxygens (including phenoxy) is 1. The van der Waals surface area contributed by atoms with Gasteiger partial charge in [0.2, 0.25) is 0 Å². The minimum Gasteiger partial charge on any atom is -0.494 e. The molecule has 1 atom stereocenters. The van der Waals surface area contributed by atoms with Crippen molar-refractivity contribution < 1.29 is 13.5 Å². The van der Waals surface area contributed by atoms with Crippen LogP contribution in [0.5, 0.6) is 5.75 Å². The number of benzene rings is 2. The topological polar surface area (TPSA) is 21.3 Å². The fraction of sp³-hybridized carbons (Fsp3) is 0.200. The third kappa shape index (κ3) is 2.69. The molecule has 0 radical (unpaired) electrons. The van der Waals surface area contributed by atoms with Crippen LogP contribution in [0.3, 0.4) is 0 Å². The molecule has 0 spiro atoms. The van der Waals surface area contributed by atoms with Crippen LogP contribution in [0.1, 0.15) is 17.2 Å². The van der Waals surface area contributed by atoms with Crippen molar-refractivity contribution in [2.75, 3.05) is 14.2 Å². The van der Waals surface area contributed by atoms with Crippen molar-refractivity contribution in [2.45, 2.75) is 6.04 Å². The van der Waals surface area contributed by atoms with Gasteiger partial charge in [-0.25, -0.2) is 8.78 Å². The molecule has 0 aromatic heterocycles. The summed E-state index contributed by atoms with van der Waals surface area (Å²) in [7, 11) is 3.05. The van der Waals surface area contributed by atoms with Crippen molar-refractivity contribution in [3.63, 3.8) is 0 Å². The Morgan fingerprint density at radius 2 is 1.85 bits per heavy atom. The summed E-state index contributed by atoms with van der Waals surface area (Å²) in [6, 6.07) is 8.87.